The number of hydrogen-bond acceptors (Lipinski definition) is 3. The highest BCUT2D eigenvalue weighted by molar-refractivity contribution is 5.99. The second-order valence-corrected chi connectivity index (χ2v) is 5.58. The number of aromatic amines is 1. The van der Waals surface area contributed by atoms with Gasteiger partial charge in [-0.1, -0.05) is 18.2 Å². The lowest BCUT2D eigenvalue weighted by Gasteiger charge is -2.15. The van der Waals surface area contributed by atoms with E-state index < -0.39 is 36.5 Å². The van der Waals surface area contributed by atoms with Crippen LogP contribution in [0.1, 0.15) is 39.6 Å². The standard InChI is InChI=1S/C17H17F4N3O3/c1-9(10-5-3-4-6-11(10)18)27-13-7-12(24-14(13)16(26)22-2)15(25)23-8-17(19,20)21/h3-7,9,24H,8H2,1-2H3,(H,22,26)(H,23,25)/t9-/m0/s1. The van der Waals surface area contributed by atoms with E-state index >= 15 is 0 Å². The number of amides is 2. The second-order valence-electron chi connectivity index (χ2n) is 5.58. The number of aromatic nitrogens is 1. The average molecular weight is 387 g/mol. The van der Waals surface area contributed by atoms with Crippen molar-refractivity contribution >= 4 is 11.8 Å². The highest BCUT2D eigenvalue weighted by atomic mass is 19.4. The molecule has 1 aromatic heterocycles. The van der Waals surface area contributed by atoms with Crippen molar-refractivity contribution in [2.75, 3.05) is 13.6 Å². The Hall–Kier alpha value is -3.04. The lowest BCUT2D eigenvalue weighted by molar-refractivity contribution is -0.123. The van der Waals surface area contributed by atoms with Crippen molar-refractivity contribution in [2.24, 2.45) is 0 Å². The molecule has 0 radical (unpaired) electrons. The van der Waals surface area contributed by atoms with Crippen molar-refractivity contribution < 1.29 is 31.9 Å². The van der Waals surface area contributed by atoms with Crippen LogP contribution < -0.4 is 15.4 Å². The van der Waals surface area contributed by atoms with Gasteiger partial charge in [0.1, 0.15) is 29.9 Å². The minimum absolute atomic E-state index is 0.0951. The first-order valence-corrected chi connectivity index (χ1v) is 7.83. The number of alkyl halides is 3. The van der Waals surface area contributed by atoms with Crippen LogP contribution in [0.25, 0.3) is 0 Å². The summed E-state index contributed by atoms with van der Waals surface area (Å²) in [5.74, 6) is -2.33. The first-order chi connectivity index (χ1) is 12.6. The number of hydrogen-bond donors (Lipinski definition) is 3. The van der Waals surface area contributed by atoms with Crippen molar-refractivity contribution in [2.45, 2.75) is 19.2 Å². The molecule has 10 heteroatoms. The van der Waals surface area contributed by atoms with Crippen LogP contribution in [-0.2, 0) is 0 Å². The molecule has 1 aromatic carbocycles. The number of rotatable bonds is 6. The quantitative estimate of drug-likeness (QED) is 0.667. The third-order valence-electron chi connectivity index (χ3n) is 3.58. The van der Waals surface area contributed by atoms with E-state index in [-0.39, 0.29) is 22.7 Å². The fourth-order valence-electron chi connectivity index (χ4n) is 2.28. The van der Waals surface area contributed by atoms with E-state index in [4.69, 9.17) is 4.74 Å². The molecular weight excluding hydrogens is 370 g/mol. The predicted molar refractivity (Wildman–Crippen MR) is 88.0 cm³/mol. The van der Waals surface area contributed by atoms with Crippen molar-refractivity contribution in [3.63, 3.8) is 0 Å². The maximum atomic E-state index is 13.9. The maximum absolute atomic E-state index is 13.9. The molecule has 0 unspecified atom stereocenters. The van der Waals surface area contributed by atoms with Crippen LogP contribution in [0, 0.1) is 5.82 Å². The van der Waals surface area contributed by atoms with Gasteiger partial charge in [-0.05, 0) is 13.0 Å². The van der Waals surface area contributed by atoms with Crippen LogP contribution in [0.5, 0.6) is 5.75 Å². The van der Waals surface area contributed by atoms with Gasteiger partial charge in [0.15, 0.2) is 5.75 Å². The van der Waals surface area contributed by atoms with Crippen LogP contribution in [0.2, 0.25) is 0 Å². The fraction of sp³-hybridized carbons (Fsp3) is 0.294. The third kappa shape index (κ3) is 5.22. The first-order valence-electron chi connectivity index (χ1n) is 7.83. The lowest BCUT2D eigenvalue weighted by Crippen LogP contribution is -2.34. The number of halogens is 4. The smallest absolute Gasteiger partial charge is 0.405 e. The monoisotopic (exact) mass is 387 g/mol. The Bertz CT molecular complexity index is 833. The molecule has 2 rings (SSSR count). The molecule has 3 N–H and O–H groups in total. The molecule has 2 amide bonds. The molecule has 0 aliphatic carbocycles. The summed E-state index contributed by atoms with van der Waals surface area (Å²) in [6.07, 6.45) is -5.40. The lowest BCUT2D eigenvalue weighted by atomic mass is 10.1. The minimum atomic E-state index is -4.58. The molecule has 0 saturated heterocycles. The SMILES string of the molecule is CNC(=O)c1[nH]c(C(=O)NCC(F)(F)F)cc1O[C@@H](C)c1ccccc1F. The summed E-state index contributed by atoms with van der Waals surface area (Å²) in [5.41, 5.74) is -0.254. The molecule has 6 nitrogen and oxygen atoms in total. The predicted octanol–water partition coefficient (Wildman–Crippen LogP) is 2.95. The molecule has 0 aliphatic heterocycles. The van der Waals surface area contributed by atoms with Crippen LogP contribution in [-0.4, -0.2) is 36.6 Å². The van der Waals surface area contributed by atoms with Gasteiger partial charge in [0.05, 0.1) is 0 Å². The van der Waals surface area contributed by atoms with Gasteiger partial charge in [0.25, 0.3) is 11.8 Å². The summed E-state index contributed by atoms with van der Waals surface area (Å²) in [6.45, 7) is 0.00439. The zero-order valence-electron chi connectivity index (χ0n) is 14.4. The topological polar surface area (TPSA) is 83.2 Å². The van der Waals surface area contributed by atoms with E-state index in [9.17, 15) is 27.2 Å². The zero-order chi connectivity index (χ0) is 20.2. The molecule has 0 fully saturated rings. The van der Waals surface area contributed by atoms with Crippen LogP contribution in [0.3, 0.4) is 0 Å². The van der Waals surface area contributed by atoms with E-state index in [1.54, 1.807) is 11.4 Å². The first kappa shape index (κ1) is 20.3. The van der Waals surface area contributed by atoms with E-state index in [0.29, 0.717) is 0 Å². The van der Waals surface area contributed by atoms with Crippen molar-refractivity contribution in [1.82, 2.24) is 15.6 Å². The van der Waals surface area contributed by atoms with E-state index in [2.05, 4.69) is 10.3 Å². The average Bonchev–Trinajstić information content (AvgIpc) is 3.02. The molecule has 0 bridgehead atoms. The van der Waals surface area contributed by atoms with Gasteiger partial charge in [-0.15, -0.1) is 0 Å². The van der Waals surface area contributed by atoms with Gasteiger partial charge in [0.2, 0.25) is 0 Å². The van der Waals surface area contributed by atoms with Crippen molar-refractivity contribution in [1.29, 1.82) is 0 Å². The van der Waals surface area contributed by atoms with Gasteiger partial charge in [-0.2, -0.15) is 13.2 Å². The fourth-order valence-corrected chi connectivity index (χ4v) is 2.28. The molecular formula is C17H17F4N3O3. The number of nitrogens with one attached hydrogen (secondary N) is 3. The number of carbonyl (C=O) groups excluding carboxylic acids is 2. The molecule has 0 spiro atoms. The van der Waals surface area contributed by atoms with Gasteiger partial charge < -0.3 is 20.4 Å². The summed E-state index contributed by atoms with van der Waals surface area (Å²) < 4.78 is 56.2. The van der Waals surface area contributed by atoms with Crippen molar-refractivity contribution in [3.05, 3.63) is 53.1 Å². The molecule has 27 heavy (non-hydrogen) atoms. The number of H-pyrrole nitrogens is 1. The minimum Gasteiger partial charge on any atom is -0.483 e. The van der Waals surface area contributed by atoms with Crippen LogP contribution in [0.4, 0.5) is 17.6 Å². The Morgan fingerprint density at radius 2 is 1.89 bits per heavy atom. The largest absolute Gasteiger partial charge is 0.483 e. The second kappa shape index (κ2) is 8.11. The molecule has 0 aliphatic rings. The van der Waals surface area contributed by atoms with E-state index in [1.807, 2.05) is 0 Å². The third-order valence-corrected chi connectivity index (χ3v) is 3.58. The summed E-state index contributed by atoms with van der Waals surface area (Å²) in [6, 6.07) is 6.92. The summed E-state index contributed by atoms with van der Waals surface area (Å²) >= 11 is 0. The number of carbonyl (C=O) groups is 2. The van der Waals surface area contributed by atoms with E-state index in [1.165, 1.54) is 32.2 Å². The normalized spacial score (nSPS) is 12.4. The Morgan fingerprint density at radius 3 is 2.48 bits per heavy atom. The molecule has 146 valence electrons. The Balaban J connectivity index is 2.26. The van der Waals surface area contributed by atoms with Crippen molar-refractivity contribution in [3.8, 4) is 5.75 Å². The summed E-state index contributed by atoms with van der Waals surface area (Å²) in [7, 11) is 1.33. The van der Waals surface area contributed by atoms with Gasteiger partial charge >= 0.3 is 6.18 Å². The number of benzene rings is 1. The molecule has 2 aromatic rings. The van der Waals surface area contributed by atoms with E-state index in [0.717, 1.165) is 6.07 Å². The van der Waals surface area contributed by atoms with Crippen LogP contribution in [0.15, 0.2) is 30.3 Å². The van der Waals surface area contributed by atoms with Gasteiger partial charge in [-0.25, -0.2) is 4.39 Å². The van der Waals surface area contributed by atoms with Gasteiger partial charge in [-0.3, -0.25) is 9.59 Å². The summed E-state index contributed by atoms with van der Waals surface area (Å²) in [4.78, 5) is 26.3. The maximum Gasteiger partial charge on any atom is 0.405 e. The Kier molecular flexibility index (Phi) is 6.09. The van der Waals surface area contributed by atoms with Crippen LogP contribution >= 0.6 is 0 Å². The zero-order valence-corrected chi connectivity index (χ0v) is 14.4. The number of ether oxygens (including phenoxy) is 1. The summed E-state index contributed by atoms with van der Waals surface area (Å²) in [5, 5.41) is 4.01. The molecule has 1 heterocycles. The highest BCUT2D eigenvalue weighted by Gasteiger charge is 2.29. The highest BCUT2D eigenvalue weighted by Crippen LogP contribution is 2.28. The Morgan fingerprint density at radius 1 is 1.22 bits per heavy atom. The van der Waals surface area contributed by atoms with Gasteiger partial charge in [0, 0.05) is 18.7 Å². The molecule has 1 atom stereocenters. The Labute approximate surface area is 151 Å². The molecule has 0 saturated carbocycles.